The van der Waals surface area contributed by atoms with Crippen LogP contribution in [0.15, 0.2) is 17.5 Å². The van der Waals surface area contributed by atoms with Crippen LogP contribution in [0.25, 0.3) is 0 Å². The molecule has 0 saturated heterocycles. The Hall–Kier alpha value is 0.0500. The van der Waals surface area contributed by atoms with Gasteiger partial charge < -0.3 is 0 Å². The van der Waals surface area contributed by atoms with Crippen LogP contribution >= 0.6 is 23.1 Å². The Labute approximate surface area is 77.0 Å². The van der Waals surface area contributed by atoms with Crippen molar-refractivity contribution in [2.24, 2.45) is 0 Å². The summed E-state index contributed by atoms with van der Waals surface area (Å²) in [5, 5.41) is 2.77. The third kappa shape index (κ3) is 3.30. The fraction of sp³-hybridized carbons (Fsp3) is 0.444. The lowest BCUT2D eigenvalue weighted by Crippen LogP contribution is -1.96. The molecule has 0 N–H and O–H groups in total. The highest BCUT2D eigenvalue weighted by atomic mass is 32.2. The fourth-order valence-corrected chi connectivity index (χ4v) is 2.54. The molecule has 0 fully saturated rings. The van der Waals surface area contributed by atoms with Gasteiger partial charge in [-0.15, -0.1) is 11.3 Å². The normalized spacial score (nSPS) is 13.3. The first kappa shape index (κ1) is 9.14. The second-order valence-corrected chi connectivity index (χ2v) is 4.98. The summed E-state index contributed by atoms with van der Waals surface area (Å²) in [5.41, 5.74) is 0. The molecule has 0 bridgehead atoms. The maximum absolute atomic E-state index is 2.32. The van der Waals surface area contributed by atoms with E-state index in [2.05, 4.69) is 37.8 Å². The van der Waals surface area contributed by atoms with Crippen molar-refractivity contribution >= 4 is 23.1 Å². The van der Waals surface area contributed by atoms with Crippen LogP contribution in [0, 0.1) is 6.42 Å². The first-order chi connectivity index (χ1) is 5.33. The van der Waals surface area contributed by atoms with E-state index < -0.39 is 0 Å². The van der Waals surface area contributed by atoms with Crippen molar-refractivity contribution in [3.8, 4) is 0 Å². The van der Waals surface area contributed by atoms with Gasteiger partial charge in [-0.2, -0.15) is 11.8 Å². The van der Waals surface area contributed by atoms with E-state index in [0.29, 0.717) is 5.25 Å². The number of hydrogen-bond donors (Lipinski definition) is 0. The summed E-state index contributed by atoms with van der Waals surface area (Å²) in [5.74, 6) is 1.20. The quantitative estimate of drug-likeness (QED) is 0.692. The molecule has 61 valence electrons. The van der Waals surface area contributed by atoms with Crippen LogP contribution in [0.4, 0.5) is 0 Å². The molecule has 0 saturated carbocycles. The van der Waals surface area contributed by atoms with Crippen molar-refractivity contribution in [1.29, 1.82) is 0 Å². The molecule has 1 atom stereocenters. The predicted molar refractivity (Wildman–Crippen MR) is 55.3 cm³/mol. The Bertz CT molecular complexity index is 179. The standard InChI is InChI=1S/C9H13S2/c1-3-10-8(2)7-9-5-4-6-11-9/h4-8H,3H2,1-2H3. The first-order valence-corrected chi connectivity index (χ1v) is 5.75. The van der Waals surface area contributed by atoms with E-state index >= 15 is 0 Å². The van der Waals surface area contributed by atoms with Gasteiger partial charge in [0.1, 0.15) is 0 Å². The molecule has 0 aliphatic heterocycles. The Kier molecular flexibility index (Phi) is 4.02. The molecule has 2 heteroatoms. The SMILES string of the molecule is CCSC(C)[CH]c1cccs1. The second-order valence-electron chi connectivity index (χ2n) is 2.34. The van der Waals surface area contributed by atoms with E-state index in [1.165, 1.54) is 10.6 Å². The third-order valence-corrected chi connectivity index (χ3v) is 3.20. The van der Waals surface area contributed by atoms with Crippen molar-refractivity contribution in [1.82, 2.24) is 0 Å². The van der Waals surface area contributed by atoms with Gasteiger partial charge in [0.25, 0.3) is 0 Å². The van der Waals surface area contributed by atoms with Crippen LogP contribution < -0.4 is 0 Å². The second kappa shape index (κ2) is 4.83. The molecular weight excluding hydrogens is 172 g/mol. The molecular formula is C9H13S2. The lowest BCUT2D eigenvalue weighted by molar-refractivity contribution is 1.16. The Morgan fingerprint density at radius 1 is 1.73 bits per heavy atom. The molecule has 1 radical (unpaired) electrons. The van der Waals surface area contributed by atoms with E-state index in [1.807, 2.05) is 23.1 Å². The van der Waals surface area contributed by atoms with Gasteiger partial charge in [0.15, 0.2) is 0 Å². The molecule has 1 heterocycles. The van der Waals surface area contributed by atoms with Crippen molar-refractivity contribution < 1.29 is 0 Å². The van der Waals surface area contributed by atoms with Gasteiger partial charge in [-0.1, -0.05) is 19.9 Å². The maximum Gasteiger partial charge on any atom is 0.0136 e. The van der Waals surface area contributed by atoms with Gasteiger partial charge in [0.05, 0.1) is 0 Å². The Morgan fingerprint density at radius 3 is 3.09 bits per heavy atom. The van der Waals surface area contributed by atoms with Gasteiger partial charge in [-0.05, 0) is 17.2 Å². The molecule has 1 aromatic rings. The summed E-state index contributed by atoms with van der Waals surface area (Å²) in [4.78, 5) is 1.39. The van der Waals surface area contributed by atoms with E-state index in [-0.39, 0.29) is 0 Å². The van der Waals surface area contributed by atoms with Gasteiger partial charge in [-0.3, -0.25) is 0 Å². The molecule has 11 heavy (non-hydrogen) atoms. The number of rotatable bonds is 4. The minimum absolute atomic E-state index is 0.652. The molecule has 0 aliphatic rings. The molecule has 0 aromatic carbocycles. The smallest absolute Gasteiger partial charge is 0.0136 e. The van der Waals surface area contributed by atoms with Crippen LogP contribution in [-0.4, -0.2) is 11.0 Å². The molecule has 0 nitrogen and oxygen atoms in total. The highest BCUT2D eigenvalue weighted by molar-refractivity contribution is 7.99. The van der Waals surface area contributed by atoms with Crippen LogP contribution in [0.1, 0.15) is 18.7 Å². The van der Waals surface area contributed by atoms with E-state index in [9.17, 15) is 0 Å². The largest absolute Gasteiger partial charge is 0.158 e. The lowest BCUT2D eigenvalue weighted by Gasteiger charge is -2.06. The molecule has 0 spiro atoms. The topological polar surface area (TPSA) is 0 Å². The van der Waals surface area contributed by atoms with Gasteiger partial charge in [0, 0.05) is 16.5 Å². The third-order valence-electron chi connectivity index (χ3n) is 1.37. The molecule has 0 amide bonds. The van der Waals surface area contributed by atoms with Crippen molar-refractivity contribution in [3.05, 3.63) is 28.8 Å². The van der Waals surface area contributed by atoms with Gasteiger partial charge in [-0.25, -0.2) is 0 Å². The van der Waals surface area contributed by atoms with E-state index in [1.54, 1.807) is 0 Å². The average molecular weight is 185 g/mol. The fourth-order valence-electron chi connectivity index (χ4n) is 0.928. The van der Waals surface area contributed by atoms with Gasteiger partial charge >= 0.3 is 0 Å². The summed E-state index contributed by atoms with van der Waals surface area (Å²) < 4.78 is 0. The van der Waals surface area contributed by atoms with Crippen LogP contribution in [0.3, 0.4) is 0 Å². The van der Waals surface area contributed by atoms with E-state index in [0.717, 1.165) is 0 Å². The summed E-state index contributed by atoms with van der Waals surface area (Å²) in [6.45, 7) is 4.44. The minimum Gasteiger partial charge on any atom is -0.158 e. The summed E-state index contributed by atoms with van der Waals surface area (Å²) >= 11 is 3.79. The van der Waals surface area contributed by atoms with Crippen molar-refractivity contribution in [2.45, 2.75) is 19.1 Å². The zero-order valence-corrected chi connectivity index (χ0v) is 8.54. The minimum atomic E-state index is 0.652. The Morgan fingerprint density at radius 2 is 2.55 bits per heavy atom. The molecule has 1 unspecified atom stereocenters. The van der Waals surface area contributed by atoms with Crippen LogP contribution in [0.2, 0.25) is 0 Å². The predicted octanol–water partition coefficient (Wildman–Crippen LogP) is 3.44. The average Bonchev–Trinajstić information content (AvgIpc) is 2.40. The number of hydrogen-bond acceptors (Lipinski definition) is 2. The molecule has 1 aromatic heterocycles. The molecule has 1 rings (SSSR count). The number of thiophene rings is 1. The monoisotopic (exact) mass is 185 g/mol. The zero-order valence-electron chi connectivity index (χ0n) is 6.91. The summed E-state index contributed by atoms with van der Waals surface area (Å²) in [7, 11) is 0. The number of thioether (sulfide) groups is 1. The van der Waals surface area contributed by atoms with Crippen LogP contribution in [-0.2, 0) is 0 Å². The zero-order chi connectivity index (χ0) is 8.10. The van der Waals surface area contributed by atoms with Crippen molar-refractivity contribution in [3.63, 3.8) is 0 Å². The Balaban J connectivity index is 2.31. The maximum atomic E-state index is 2.32. The molecule has 0 aliphatic carbocycles. The highest BCUT2D eigenvalue weighted by Gasteiger charge is 2.02. The van der Waals surface area contributed by atoms with Crippen LogP contribution in [0.5, 0.6) is 0 Å². The van der Waals surface area contributed by atoms with Crippen molar-refractivity contribution in [2.75, 3.05) is 5.75 Å². The first-order valence-electron chi connectivity index (χ1n) is 3.83. The van der Waals surface area contributed by atoms with Gasteiger partial charge in [0.2, 0.25) is 0 Å². The van der Waals surface area contributed by atoms with E-state index in [4.69, 9.17) is 0 Å². The summed E-state index contributed by atoms with van der Waals surface area (Å²) in [6.07, 6.45) is 2.32. The lowest BCUT2D eigenvalue weighted by atomic mass is 10.3. The summed E-state index contributed by atoms with van der Waals surface area (Å²) in [6, 6.07) is 4.26. The highest BCUT2D eigenvalue weighted by Crippen LogP contribution is 2.20.